The highest BCUT2D eigenvalue weighted by Crippen LogP contribution is 2.27. The number of aromatic nitrogens is 2. The van der Waals surface area contributed by atoms with Crippen LogP contribution in [0.2, 0.25) is 5.02 Å². The number of halogens is 2. The third kappa shape index (κ3) is 5.79. The molecule has 0 spiro atoms. The number of rotatable bonds is 8. The van der Waals surface area contributed by atoms with Crippen LogP contribution in [0, 0.1) is 5.82 Å². The van der Waals surface area contributed by atoms with E-state index in [0.717, 1.165) is 34.0 Å². The Morgan fingerprint density at radius 3 is 2.61 bits per heavy atom. The minimum atomic E-state index is -0.314. The number of benzene rings is 3. The summed E-state index contributed by atoms with van der Waals surface area (Å²) in [5.41, 5.74) is 4.16. The molecule has 4 rings (SSSR count). The van der Waals surface area contributed by atoms with Gasteiger partial charge in [-0.3, -0.25) is 4.79 Å². The number of aryl methyl sites for hydroxylation is 1. The van der Waals surface area contributed by atoms with Crippen LogP contribution in [0.5, 0.6) is 5.75 Å². The molecule has 0 saturated carbocycles. The smallest absolute Gasteiger partial charge is 0.220 e. The van der Waals surface area contributed by atoms with Crippen molar-refractivity contribution in [3.63, 3.8) is 0 Å². The molecule has 0 aliphatic carbocycles. The van der Waals surface area contributed by atoms with E-state index in [2.05, 4.69) is 5.32 Å². The van der Waals surface area contributed by atoms with Crippen molar-refractivity contribution < 1.29 is 13.9 Å². The molecule has 33 heavy (non-hydrogen) atoms. The zero-order valence-corrected chi connectivity index (χ0v) is 18.8. The summed E-state index contributed by atoms with van der Waals surface area (Å²) in [5.74, 6) is 0.334. The third-order valence-corrected chi connectivity index (χ3v) is 5.42. The van der Waals surface area contributed by atoms with Gasteiger partial charge in [0.15, 0.2) is 0 Å². The van der Waals surface area contributed by atoms with Gasteiger partial charge in [0.25, 0.3) is 0 Å². The average Bonchev–Trinajstić information content (AvgIpc) is 3.26. The van der Waals surface area contributed by atoms with E-state index in [0.29, 0.717) is 24.4 Å². The van der Waals surface area contributed by atoms with E-state index in [1.807, 2.05) is 48.5 Å². The van der Waals surface area contributed by atoms with E-state index >= 15 is 0 Å². The largest absolute Gasteiger partial charge is 0.497 e. The minimum Gasteiger partial charge on any atom is -0.497 e. The summed E-state index contributed by atoms with van der Waals surface area (Å²) in [4.78, 5) is 12.4. The maximum Gasteiger partial charge on any atom is 0.220 e. The fourth-order valence-corrected chi connectivity index (χ4v) is 3.71. The monoisotopic (exact) mass is 463 g/mol. The lowest BCUT2D eigenvalue weighted by Crippen LogP contribution is -2.23. The van der Waals surface area contributed by atoms with Crippen LogP contribution in [-0.2, 0) is 17.8 Å². The van der Waals surface area contributed by atoms with Crippen molar-refractivity contribution >= 4 is 17.5 Å². The molecule has 1 heterocycles. The molecule has 0 bridgehead atoms. The zero-order chi connectivity index (χ0) is 23.2. The molecule has 0 saturated heterocycles. The van der Waals surface area contributed by atoms with Crippen LogP contribution in [0.15, 0.2) is 78.9 Å². The van der Waals surface area contributed by atoms with Crippen molar-refractivity contribution in [3.05, 3.63) is 101 Å². The second-order valence-electron chi connectivity index (χ2n) is 7.55. The number of carbonyl (C=O) groups excluding carboxylic acids is 1. The molecule has 7 heteroatoms. The average molecular weight is 464 g/mol. The molecule has 4 aromatic rings. The van der Waals surface area contributed by atoms with Gasteiger partial charge in [0.05, 0.1) is 24.2 Å². The first-order valence-electron chi connectivity index (χ1n) is 10.5. The van der Waals surface area contributed by atoms with Crippen molar-refractivity contribution in [2.45, 2.75) is 19.4 Å². The molecular formula is C26H23ClFN3O2. The van der Waals surface area contributed by atoms with Gasteiger partial charge in [-0.05, 0) is 60.2 Å². The SMILES string of the molecule is COc1cccc(-c2cc(CCC(=O)NCc3cccc(Cl)c3)nn2-c2ccc(F)cc2)c1. The Bertz CT molecular complexity index is 1250. The van der Waals surface area contributed by atoms with Crippen LogP contribution in [0.25, 0.3) is 16.9 Å². The number of nitrogens with zero attached hydrogens (tertiary/aromatic N) is 2. The van der Waals surface area contributed by atoms with Crippen LogP contribution in [0.3, 0.4) is 0 Å². The minimum absolute atomic E-state index is 0.0748. The Labute approximate surface area is 196 Å². The highest BCUT2D eigenvalue weighted by molar-refractivity contribution is 6.30. The van der Waals surface area contributed by atoms with Gasteiger partial charge < -0.3 is 10.1 Å². The summed E-state index contributed by atoms with van der Waals surface area (Å²) in [7, 11) is 1.61. The van der Waals surface area contributed by atoms with E-state index in [-0.39, 0.29) is 11.7 Å². The summed E-state index contributed by atoms with van der Waals surface area (Å²) in [6.45, 7) is 0.415. The highest BCUT2D eigenvalue weighted by Gasteiger charge is 2.14. The third-order valence-electron chi connectivity index (χ3n) is 5.18. The first-order valence-corrected chi connectivity index (χ1v) is 10.9. The normalized spacial score (nSPS) is 10.8. The Hall–Kier alpha value is -3.64. The summed E-state index contributed by atoms with van der Waals surface area (Å²) in [5, 5.41) is 8.25. The Balaban J connectivity index is 1.52. The maximum atomic E-state index is 13.5. The standard InChI is InChI=1S/C26H23ClFN3O2/c1-33-24-7-3-5-19(15-24)25-16-22(30-31(25)23-11-8-21(28)9-12-23)10-13-26(32)29-17-18-4-2-6-20(27)14-18/h2-9,11-12,14-16H,10,13,17H2,1H3,(H,29,32). The van der Waals surface area contributed by atoms with Gasteiger partial charge in [0, 0.05) is 30.0 Å². The van der Waals surface area contributed by atoms with Gasteiger partial charge in [-0.25, -0.2) is 9.07 Å². The Morgan fingerprint density at radius 2 is 1.85 bits per heavy atom. The number of hydrogen-bond acceptors (Lipinski definition) is 3. The molecule has 0 aliphatic heterocycles. The summed E-state index contributed by atoms with van der Waals surface area (Å²) in [6.07, 6.45) is 0.755. The summed E-state index contributed by atoms with van der Waals surface area (Å²) in [6, 6.07) is 23.1. The number of nitrogens with one attached hydrogen (secondary N) is 1. The molecule has 168 valence electrons. The number of carbonyl (C=O) groups is 1. The first-order chi connectivity index (χ1) is 16.0. The maximum absolute atomic E-state index is 13.5. The van der Waals surface area contributed by atoms with E-state index in [1.165, 1.54) is 12.1 Å². The predicted octanol–water partition coefficient (Wildman–Crippen LogP) is 5.59. The van der Waals surface area contributed by atoms with Gasteiger partial charge in [-0.15, -0.1) is 0 Å². The van der Waals surface area contributed by atoms with E-state index in [1.54, 1.807) is 30.0 Å². The molecule has 5 nitrogen and oxygen atoms in total. The van der Waals surface area contributed by atoms with Gasteiger partial charge in [0.1, 0.15) is 11.6 Å². The van der Waals surface area contributed by atoms with E-state index < -0.39 is 0 Å². The Morgan fingerprint density at radius 1 is 1.06 bits per heavy atom. The fraction of sp³-hybridized carbons (Fsp3) is 0.154. The molecule has 0 radical (unpaired) electrons. The van der Waals surface area contributed by atoms with Gasteiger partial charge in [0.2, 0.25) is 5.91 Å². The number of ether oxygens (including phenoxy) is 1. The van der Waals surface area contributed by atoms with Crippen LogP contribution in [0.4, 0.5) is 4.39 Å². The lowest BCUT2D eigenvalue weighted by molar-refractivity contribution is -0.121. The van der Waals surface area contributed by atoms with Crippen molar-refractivity contribution in [1.29, 1.82) is 0 Å². The molecule has 0 aliphatic rings. The van der Waals surface area contributed by atoms with E-state index in [9.17, 15) is 9.18 Å². The molecule has 0 atom stereocenters. The zero-order valence-electron chi connectivity index (χ0n) is 18.1. The molecule has 1 aromatic heterocycles. The van der Waals surface area contributed by atoms with Crippen molar-refractivity contribution in [2.24, 2.45) is 0 Å². The summed E-state index contributed by atoms with van der Waals surface area (Å²) < 4.78 is 20.6. The Kier molecular flexibility index (Phi) is 7.05. The van der Waals surface area contributed by atoms with Crippen LogP contribution in [-0.4, -0.2) is 22.8 Å². The number of amides is 1. The van der Waals surface area contributed by atoms with Crippen molar-refractivity contribution in [2.75, 3.05) is 7.11 Å². The lowest BCUT2D eigenvalue weighted by Gasteiger charge is -2.09. The van der Waals surface area contributed by atoms with Crippen LogP contribution in [0.1, 0.15) is 17.7 Å². The van der Waals surface area contributed by atoms with Gasteiger partial charge in [-0.2, -0.15) is 5.10 Å². The highest BCUT2D eigenvalue weighted by atomic mass is 35.5. The molecule has 3 aromatic carbocycles. The molecular weight excluding hydrogens is 441 g/mol. The molecule has 0 fully saturated rings. The number of hydrogen-bond donors (Lipinski definition) is 1. The first kappa shape index (κ1) is 22.6. The topological polar surface area (TPSA) is 56.1 Å². The van der Waals surface area contributed by atoms with Gasteiger partial charge in [-0.1, -0.05) is 35.9 Å². The molecule has 0 unspecified atom stereocenters. The number of methoxy groups -OCH3 is 1. The fourth-order valence-electron chi connectivity index (χ4n) is 3.50. The molecule has 1 amide bonds. The predicted molar refractivity (Wildman–Crippen MR) is 127 cm³/mol. The van der Waals surface area contributed by atoms with Crippen LogP contribution < -0.4 is 10.1 Å². The van der Waals surface area contributed by atoms with E-state index in [4.69, 9.17) is 21.4 Å². The second-order valence-corrected chi connectivity index (χ2v) is 7.98. The van der Waals surface area contributed by atoms with Crippen molar-refractivity contribution in [1.82, 2.24) is 15.1 Å². The van der Waals surface area contributed by atoms with Crippen LogP contribution >= 0.6 is 11.6 Å². The summed E-state index contributed by atoms with van der Waals surface area (Å²) >= 11 is 6.00. The lowest BCUT2D eigenvalue weighted by atomic mass is 10.1. The quantitative estimate of drug-likeness (QED) is 0.370. The second kappa shape index (κ2) is 10.3. The van der Waals surface area contributed by atoms with Gasteiger partial charge >= 0.3 is 0 Å². The molecule has 1 N–H and O–H groups in total. The van der Waals surface area contributed by atoms with Crippen molar-refractivity contribution in [3.8, 4) is 22.7 Å².